The van der Waals surface area contributed by atoms with Crippen LogP contribution in [-0.4, -0.2) is 29.9 Å². The van der Waals surface area contributed by atoms with E-state index in [-0.39, 0.29) is 16.6 Å². The minimum atomic E-state index is -4.57. The minimum Gasteiger partial charge on any atom is -0.483 e. The molecule has 1 aliphatic rings. The first-order valence-corrected chi connectivity index (χ1v) is 11.7. The lowest BCUT2D eigenvalue weighted by molar-refractivity contribution is -0.137. The third-order valence-corrected chi connectivity index (χ3v) is 6.35. The molecule has 1 heterocycles. The molecule has 4 rings (SSSR count). The number of fused-ring (bicyclic) bond motifs is 1. The van der Waals surface area contributed by atoms with Gasteiger partial charge in [0.25, 0.3) is 11.8 Å². The number of carbonyl (C=O) groups is 2. The normalized spacial score (nSPS) is 13.4. The van der Waals surface area contributed by atoms with E-state index in [4.69, 9.17) is 16.3 Å². The molecule has 182 valence electrons. The molecule has 0 saturated carbocycles. The number of nitrogens with one attached hydrogen (secondary N) is 1. The number of hydrogen-bond donors (Lipinski definition) is 1. The zero-order valence-electron chi connectivity index (χ0n) is 18.2. The molecule has 35 heavy (non-hydrogen) atoms. The second kappa shape index (κ2) is 10.3. The van der Waals surface area contributed by atoms with Crippen molar-refractivity contribution in [3.05, 3.63) is 92.4 Å². The van der Waals surface area contributed by atoms with Crippen LogP contribution in [0.3, 0.4) is 0 Å². The van der Waals surface area contributed by atoms with Crippen LogP contribution in [0.5, 0.6) is 5.75 Å². The van der Waals surface area contributed by atoms with E-state index < -0.39 is 24.3 Å². The Bertz CT molecular complexity index is 1270. The standard InChI is InChI=1S/C25H19BrClF3N2O3/c26-17-7-4-15(5-8-17)13-32-11-10-18-19(24(32)34)2-1-3-22(18)35-14-23(33)31-21-12-16(25(28,29)30)6-9-20(21)27/h1-9,12H,10-11,13-14H2,(H,31,33). The molecule has 5 nitrogen and oxygen atoms in total. The molecule has 3 aromatic carbocycles. The van der Waals surface area contributed by atoms with E-state index in [1.54, 1.807) is 23.1 Å². The maximum atomic E-state index is 13.0. The number of halogens is 5. The van der Waals surface area contributed by atoms with E-state index in [9.17, 15) is 22.8 Å². The molecule has 0 atom stereocenters. The molecule has 0 aliphatic carbocycles. The van der Waals surface area contributed by atoms with Crippen LogP contribution in [-0.2, 0) is 23.9 Å². The van der Waals surface area contributed by atoms with E-state index in [0.29, 0.717) is 36.4 Å². The number of anilines is 1. The van der Waals surface area contributed by atoms with Gasteiger partial charge in [0.1, 0.15) is 5.75 Å². The van der Waals surface area contributed by atoms with Gasteiger partial charge in [0.15, 0.2) is 6.61 Å². The van der Waals surface area contributed by atoms with Gasteiger partial charge in [-0.1, -0.05) is 45.7 Å². The maximum absolute atomic E-state index is 13.0. The number of nitrogens with zero attached hydrogens (tertiary/aromatic N) is 1. The monoisotopic (exact) mass is 566 g/mol. The molecule has 2 amide bonds. The molecule has 0 aromatic heterocycles. The number of benzene rings is 3. The summed E-state index contributed by atoms with van der Waals surface area (Å²) in [6.07, 6.45) is -4.03. The van der Waals surface area contributed by atoms with Gasteiger partial charge in [0, 0.05) is 28.7 Å². The zero-order chi connectivity index (χ0) is 25.2. The van der Waals surface area contributed by atoms with Crippen molar-refractivity contribution < 1.29 is 27.5 Å². The second-order valence-corrected chi connectivity index (χ2v) is 9.24. The number of ether oxygens (including phenoxy) is 1. The van der Waals surface area contributed by atoms with Crippen molar-refractivity contribution in [2.24, 2.45) is 0 Å². The quantitative estimate of drug-likeness (QED) is 0.378. The maximum Gasteiger partial charge on any atom is 0.416 e. The molecule has 1 aliphatic heterocycles. The number of carbonyl (C=O) groups excluding carboxylic acids is 2. The first-order chi connectivity index (χ1) is 16.6. The van der Waals surface area contributed by atoms with Gasteiger partial charge in [-0.3, -0.25) is 9.59 Å². The fraction of sp³-hybridized carbons (Fsp3) is 0.200. The molecular formula is C25H19BrClF3N2O3. The first kappa shape index (κ1) is 25.1. The lowest BCUT2D eigenvalue weighted by atomic mass is 9.97. The van der Waals surface area contributed by atoms with E-state index in [1.165, 1.54) is 0 Å². The van der Waals surface area contributed by atoms with Crippen LogP contribution in [0.2, 0.25) is 5.02 Å². The van der Waals surface area contributed by atoms with Gasteiger partial charge in [-0.25, -0.2) is 0 Å². The third-order valence-electron chi connectivity index (χ3n) is 5.50. The fourth-order valence-electron chi connectivity index (χ4n) is 3.77. The predicted molar refractivity (Wildman–Crippen MR) is 130 cm³/mol. The predicted octanol–water partition coefficient (Wildman–Crippen LogP) is 6.34. The minimum absolute atomic E-state index is 0.0279. The smallest absolute Gasteiger partial charge is 0.416 e. The summed E-state index contributed by atoms with van der Waals surface area (Å²) in [5.41, 5.74) is 1.09. The Balaban J connectivity index is 1.42. The summed E-state index contributed by atoms with van der Waals surface area (Å²) in [7, 11) is 0. The Hall–Kier alpha value is -3.04. The van der Waals surface area contributed by atoms with E-state index >= 15 is 0 Å². The van der Waals surface area contributed by atoms with Gasteiger partial charge < -0.3 is 15.0 Å². The molecule has 0 fully saturated rings. The van der Waals surface area contributed by atoms with Crippen molar-refractivity contribution in [1.82, 2.24) is 4.90 Å². The van der Waals surface area contributed by atoms with Crippen molar-refractivity contribution in [2.45, 2.75) is 19.1 Å². The Morgan fingerprint density at radius 2 is 1.86 bits per heavy atom. The van der Waals surface area contributed by atoms with Gasteiger partial charge >= 0.3 is 6.18 Å². The summed E-state index contributed by atoms with van der Waals surface area (Å²) in [5.74, 6) is -0.438. The Morgan fingerprint density at radius 1 is 1.11 bits per heavy atom. The van der Waals surface area contributed by atoms with Gasteiger partial charge in [-0.2, -0.15) is 13.2 Å². The van der Waals surface area contributed by atoms with Gasteiger partial charge in [0.05, 0.1) is 16.3 Å². The summed E-state index contributed by atoms with van der Waals surface area (Å²) in [6, 6.07) is 15.4. The van der Waals surface area contributed by atoms with Crippen molar-refractivity contribution in [3.8, 4) is 5.75 Å². The zero-order valence-corrected chi connectivity index (χ0v) is 20.5. The van der Waals surface area contributed by atoms with Gasteiger partial charge in [-0.15, -0.1) is 0 Å². The lowest BCUT2D eigenvalue weighted by Crippen LogP contribution is -2.37. The highest BCUT2D eigenvalue weighted by Crippen LogP contribution is 2.34. The number of hydrogen-bond acceptors (Lipinski definition) is 3. The summed E-state index contributed by atoms with van der Waals surface area (Å²) < 4.78 is 45.4. The topological polar surface area (TPSA) is 58.6 Å². The molecule has 3 aromatic rings. The SMILES string of the molecule is O=C(COc1cccc2c1CCN(Cc1ccc(Br)cc1)C2=O)Nc1cc(C(F)(F)F)ccc1Cl. The van der Waals surface area contributed by atoms with E-state index in [2.05, 4.69) is 21.2 Å². The largest absolute Gasteiger partial charge is 0.483 e. The molecule has 0 radical (unpaired) electrons. The third kappa shape index (κ3) is 5.97. The summed E-state index contributed by atoms with van der Waals surface area (Å²) >= 11 is 9.33. The number of amides is 2. The van der Waals surface area contributed by atoms with Crippen molar-refractivity contribution in [3.63, 3.8) is 0 Å². The Morgan fingerprint density at radius 3 is 2.57 bits per heavy atom. The summed E-state index contributed by atoms with van der Waals surface area (Å²) in [6.45, 7) is 0.491. The fourth-order valence-corrected chi connectivity index (χ4v) is 4.19. The highest BCUT2D eigenvalue weighted by Gasteiger charge is 2.31. The van der Waals surface area contributed by atoms with Crippen LogP contribution in [0.15, 0.2) is 65.1 Å². The van der Waals surface area contributed by atoms with Gasteiger partial charge in [-0.05, 0) is 54.4 Å². The van der Waals surface area contributed by atoms with Gasteiger partial charge in [0.2, 0.25) is 0 Å². The average molecular weight is 568 g/mol. The van der Waals surface area contributed by atoms with E-state index in [0.717, 1.165) is 28.2 Å². The summed E-state index contributed by atoms with van der Waals surface area (Å²) in [4.78, 5) is 27.1. The van der Waals surface area contributed by atoms with Crippen LogP contribution >= 0.6 is 27.5 Å². The van der Waals surface area contributed by atoms with Crippen LogP contribution in [0.1, 0.15) is 27.0 Å². The Kier molecular flexibility index (Phi) is 7.37. The number of rotatable bonds is 6. The van der Waals surface area contributed by atoms with Crippen LogP contribution in [0.25, 0.3) is 0 Å². The highest BCUT2D eigenvalue weighted by atomic mass is 79.9. The van der Waals surface area contributed by atoms with E-state index in [1.807, 2.05) is 24.3 Å². The molecule has 0 bridgehead atoms. The molecular weight excluding hydrogens is 549 g/mol. The first-order valence-electron chi connectivity index (χ1n) is 10.6. The molecule has 1 N–H and O–H groups in total. The molecule has 10 heteroatoms. The number of alkyl halides is 3. The van der Waals surface area contributed by atoms with Crippen LogP contribution in [0, 0.1) is 0 Å². The van der Waals surface area contributed by atoms with Crippen LogP contribution < -0.4 is 10.1 Å². The van der Waals surface area contributed by atoms with Crippen LogP contribution in [0.4, 0.5) is 18.9 Å². The van der Waals surface area contributed by atoms with Crippen molar-refractivity contribution in [1.29, 1.82) is 0 Å². The highest BCUT2D eigenvalue weighted by molar-refractivity contribution is 9.10. The molecule has 0 spiro atoms. The molecule has 0 unspecified atom stereocenters. The second-order valence-electron chi connectivity index (χ2n) is 7.91. The summed E-state index contributed by atoms with van der Waals surface area (Å²) in [5, 5.41) is 2.32. The lowest BCUT2D eigenvalue weighted by Gasteiger charge is -2.29. The Labute approximate surface area is 213 Å². The van der Waals surface area contributed by atoms with Crippen molar-refractivity contribution in [2.75, 3.05) is 18.5 Å². The molecule has 0 saturated heterocycles. The average Bonchev–Trinajstić information content (AvgIpc) is 2.81. The van der Waals surface area contributed by atoms with Crippen molar-refractivity contribution >= 4 is 45.0 Å².